The minimum absolute atomic E-state index is 0.197. The molecule has 1 aromatic rings. The molecule has 17 heavy (non-hydrogen) atoms. The average Bonchev–Trinajstić information content (AvgIpc) is 2.29. The van der Waals surface area contributed by atoms with Gasteiger partial charge >= 0.3 is 6.18 Å². The Balaban J connectivity index is 2.78. The topological polar surface area (TPSA) is 34.1 Å². The molecule has 1 rings (SSSR count). The third kappa shape index (κ3) is 3.98. The van der Waals surface area contributed by atoms with Gasteiger partial charge in [-0.1, -0.05) is 0 Å². The van der Waals surface area contributed by atoms with Crippen molar-refractivity contribution >= 4 is 0 Å². The molecule has 0 radical (unpaired) electrons. The summed E-state index contributed by atoms with van der Waals surface area (Å²) in [6.07, 6.45) is -3.51. The summed E-state index contributed by atoms with van der Waals surface area (Å²) >= 11 is 0. The van der Waals surface area contributed by atoms with Gasteiger partial charge in [0.05, 0.1) is 23.9 Å². The van der Waals surface area contributed by atoms with Crippen LogP contribution in [0.1, 0.15) is 24.2 Å². The molecule has 0 spiro atoms. The van der Waals surface area contributed by atoms with Crippen molar-refractivity contribution in [3.05, 3.63) is 29.6 Å². The predicted octanol–water partition coefficient (Wildman–Crippen LogP) is 2.40. The number of hydrogen-bond donors (Lipinski definition) is 1. The zero-order valence-electron chi connectivity index (χ0n) is 9.71. The van der Waals surface area contributed by atoms with Gasteiger partial charge < -0.3 is 10.1 Å². The van der Waals surface area contributed by atoms with Crippen molar-refractivity contribution in [3.8, 4) is 0 Å². The lowest BCUT2D eigenvalue weighted by atomic mass is 10.1. The fourth-order valence-corrected chi connectivity index (χ4v) is 1.33. The minimum atomic E-state index is -4.35. The molecular weight excluding hydrogens is 233 g/mol. The smallest absolute Gasteiger partial charge is 0.380 e. The SMILES string of the molecule is CCOCC(NC)c1ccc(C(F)(F)F)cn1. The van der Waals surface area contributed by atoms with Gasteiger partial charge in [0, 0.05) is 12.8 Å². The van der Waals surface area contributed by atoms with Gasteiger partial charge in [-0.25, -0.2) is 0 Å². The minimum Gasteiger partial charge on any atom is -0.380 e. The molecule has 0 bridgehead atoms. The first-order valence-electron chi connectivity index (χ1n) is 5.27. The van der Waals surface area contributed by atoms with Crippen molar-refractivity contribution in [2.24, 2.45) is 0 Å². The summed E-state index contributed by atoms with van der Waals surface area (Å²) in [5, 5.41) is 2.94. The molecule has 0 aliphatic heterocycles. The third-order valence-electron chi connectivity index (χ3n) is 2.31. The molecule has 1 aromatic heterocycles. The fourth-order valence-electron chi connectivity index (χ4n) is 1.33. The van der Waals surface area contributed by atoms with Gasteiger partial charge in [0.1, 0.15) is 0 Å². The van der Waals surface area contributed by atoms with E-state index in [1.54, 1.807) is 7.05 Å². The van der Waals surface area contributed by atoms with E-state index >= 15 is 0 Å². The summed E-state index contributed by atoms with van der Waals surface area (Å²) in [5.41, 5.74) is -0.207. The summed E-state index contributed by atoms with van der Waals surface area (Å²) in [4.78, 5) is 3.81. The highest BCUT2D eigenvalue weighted by Crippen LogP contribution is 2.28. The van der Waals surface area contributed by atoms with E-state index in [4.69, 9.17) is 4.74 Å². The molecule has 0 amide bonds. The number of alkyl halides is 3. The van der Waals surface area contributed by atoms with Crippen LogP contribution in [0.5, 0.6) is 0 Å². The Bertz CT molecular complexity index is 338. The Kier molecular flexibility index (Phi) is 4.89. The number of halogens is 3. The molecule has 96 valence electrons. The van der Waals surface area contributed by atoms with E-state index < -0.39 is 11.7 Å². The van der Waals surface area contributed by atoms with Crippen molar-refractivity contribution in [3.63, 3.8) is 0 Å². The Morgan fingerprint density at radius 3 is 2.53 bits per heavy atom. The summed E-state index contributed by atoms with van der Waals surface area (Å²) in [6.45, 7) is 2.79. The molecule has 1 atom stereocenters. The van der Waals surface area contributed by atoms with Gasteiger partial charge in [0.2, 0.25) is 0 Å². The number of pyridine rings is 1. The first kappa shape index (κ1) is 13.9. The molecule has 6 heteroatoms. The number of ether oxygens (including phenoxy) is 1. The number of nitrogens with zero attached hydrogens (tertiary/aromatic N) is 1. The standard InChI is InChI=1S/C11H15F3N2O/c1-3-17-7-10(15-2)9-5-4-8(6-16-9)11(12,13)14/h4-6,10,15H,3,7H2,1-2H3. The first-order valence-corrected chi connectivity index (χ1v) is 5.27. The van der Waals surface area contributed by atoms with Crippen LogP contribution in [-0.2, 0) is 10.9 Å². The van der Waals surface area contributed by atoms with E-state index in [0.29, 0.717) is 18.9 Å². The second-order valence-electron chi connectivity index (χ2n) is 3.47. The van der Waals surface area contributed by atoms with Gasteiger partial charge in [0.15, 0.2) is 0 Å². The molecule has 0 aliphatic rings. The summed E-state index contributed by atoms with van der Waals surface area (Å²) in [5.74, 6) is 0. The fraction of sp³-hybridized carbons (Fsp3) is 0.545. The van der Waals surface area contributed by atoms with Crippen molar-refractivity contribution in [1.29, 1.82) is 0 Å². The zero-order valence-corrected chi connectivity index (χ0v) is 9.71. The highest BCUT2D eigenvalue weighted by Gasteiger charge is 2.30. The normalized spacial score (nSPS) is 13.7. The van der Waals surface area contributed by atoms with Crippen molar-refractivity contribution in [1.82, 2.24) is 10.3 Å². The van der Waals surface area contributed by atoms with Crippen LogP contribution >= 0.6 is 0 Å². The first-order chi connectivity index (χ1) is 7.99. The third-order valence-corrected chi connectivity index (χ3v) is 2.31. The molecule has 0 aromatic carbocycles. The maximum absolute atomic E-state index is 12.3. The van der Waals surface area contributed by atoms with E-state index in [9.17, 15) is 13.2 Å². The van der Waals surface area contributed by atoms with E-state index in [-0.39, 0.29) is 6.04 Å². The monoisotopic (exact) mass is 248 g/mol. The molecule has 1 N–H and O–H groups in total. The summed E-state index contributed by atoms with van der Waals surface area (Å²) < 4.78 is 42.2. The highest BCUT2D eigenvalue weighted by atomic mass is 19.4. The Morgan fingerprint density at radius 1 is 1.41 bits per heavy atom. The highest BCUT2D eigenvalue weighted by molar-refractivity contribution is 5.18. The number of aromatic nitrogens is 1. The lowest BCUT2D eigenvalue weighted by molar-refractivity contribution is -0.137. The molecule has 1 unspecified atom stereocenters. The van der Waals surface area contributed by atoms with Crippen LogP contribution in [-0.4, -0.2) is 25.2 Å². The zero-order chi connectivity index (χ0) is 12.9. The van der Waals surface area contributed by atoms with Crippen LogP contribution in [0, 0.1) is 0 Å². The Morgan fingerprint density at radius 2 is 2.12 bits per heavy atom. The molecule has 3 nitrogen and oxygen atoms in total. The van der Waals surface area contributed by atoms with Crippen LogP contribution < -0.4 is 5.32 Å². The van der Waals surface area contributed by atoms with Crippen LogP contribution in [0.2, 0.25) is 0 Å². The maximum Gasteiger partial charge on any atom is 0.417 e. The largest absolute Gasteiger partial charge is 0.417 e. The lowest BCUT2D eigenvalue weighted by Crippen LogP contribution is -2.23. The molecule has 0 aliphatic carbocycles. The van der Waals surface area contributed by atoms with Crippen molar-refractivity contribution < 1.29 is 17.9 Å². The number of rotatable bonds is 5. The second-order valence-corrected chi connectivity index (χ2v) is 3.47. The molecule has 0 saturated heterocycles. The van der Waals surface area contributed by atoms with Gasteiger partial charge in [0.25, 0.3) is 0 Å². The van der Waals surface area contributed by atoms with Crippen LogP contribution in [0.25, 0.3) is 0 Å². The predicted molar refractivity (Wildman–Crippen MR) is 57.5 cm³/mol. The van der Waals surface area contributed by atoms with E-state index in [1.165, 1.54) is 6.07 Å². The van der Waals surface area contributed by atoms with Gasteiger partial charge in [-0.3, -0.25) is 4.98 Å². The molecule has 0 fully saturated rings. The molecule has 1 heterocycles. The van der Waals surface area contributed by atoms with Crippen LogP contribution in [0.3, 0.4) is 0 Å². The van der Waals surface area contributed by atoms with Gasteiger partial charge in [-0.05, 0) is 26.1 Å². The second kappa shape index (κ2) is 5.97. The summed E-state index contributed by atoms with van der Waals surface area (Å²) in [7, 11) is 1.71. The van der Waals surface area contributed by atoms with Crippen LogP contribution in [0.15, 0.2) is 18.3 Å². The van der Waals surface area contributed by atoms with E-state index in [2.05, 4.69) is 10.3 Å². The molecule has 0 saturated carbocycles. The van der Waals surface area contributed by atoms with E-state index in [0.717, 1.165) is 12.3 Å². The molecular formula is C11H15F3N2O. The summed E-state index contributed by atoms with van der Waals surface area (Å²) in [6, 6.07) is 2.19. The maximum atomic E-state index is 12.3. The Hall–Kier alpha value is -1.14. The Labute approximate surface area is 98.0 Å². The quantitative estimate of drug-likeness (QED) is 0.868. The van der Waals surface area contributed by atoms with Crippen LogP contribution in [0.4, 0.5) is 13.2 Å². The van der Waals surface area contributed by atoms with Gasteiger partial charge in [-0.15, -0.1) is 0 Å². The van der Waals surface area contributed by atoms with Gasteiger partial charge in [-0.2, -0.15) is 13.2 Å². The van der Waals surface area contributed by atoms with Crippen molar-refractivity contribution in [2.75, 3.05) is 20.3 Å². The van der Waals surface area contributed by atoms with E-state index in [1.807, 2.05) is 6.92 Å². The number of hydrogen-bond acceptors (Lipinski definition) is 3. The lowest BCUT2D eigenvalue weighted by Gasteiger charge is -2.16. The number of likely N-dealkylation sites (N-methyl/N-ethyl adjacent to an activating group) is 1. The number of nitrogens with one attached hydrogen (secondary N) is 1. The van der Waals surface area contributed by atoms with Crippen molar-refractivity contribution in [2.45, 2.75) is 19.1 Å². The average molecular weight is 248 g/mol.